The van der Waals surface area contributed by atoms with E-state index in [1.54, 1.807) is 38.5 Å². The van der Waals surface area contributed by atoms with Gasteiger partial charge in [0.25, 0.3) is 0 Å². The molecule has 0 unspecified atom stereocenters. The number of benzene rings is 2. The van der Waals surface area contributed by atoms with Crippen molar-refractivity contribution in [2.75, 3.05) is 14.2 Å². The van der Waals surface area contributed by atoms with Crippen molar-refractivity contribution in [1.82, 2.24) is 5.32 Å². The largest absolute Gasteiger partial charge is 0.497 e. The predicted molar refractivity (Wildman–Crippen MR) is 92.8 cm³/mol. The first-order valence-electron chi connectivity index (χ1n) is 8.03. The zero-order chi connectivity index (χ0) is 18.9. The molecule has 7 heteroatoms. The minimum Gasteiger partial charge on any atom is -0.497 e. The number of alkyl halides is 2. The molecular formula is C19H21F2NO4. The van der Waals surface area contributed by atoms with E-state index >= 15 is 0 Å². The van der Waals surface area contributed by atoms with Gasteiger partial charge in [0.05, 0.1) is 14.2 Å². The molecule has 0 aliphatic rings. The first kappa shape index (κ1) is 19.5. The van der Waals surface area contributed by atoms with E-state index < -0.39 is 6.61 Å². The third-order valence-electron chi connectivity index (χ3n) is 3.72. The summed E-state index contributed by atoms with van der Waals surface area (Å²) in [7, 11) is 3.12. The number of para-hydroxylation sites is 1. The van der Waals surface area contributed by atoms with Crippen LogP contribution in [0, 0.1) is 0 Å². The molecule has 1 amide bonds. The summed E-state index contributed by atoms with van der Waals surface area (Å²) in [5.74, 6) is 1.16. The second-order valence-electron chi connectivity index (χ2n) is 5.48. The molecule has 5 nitrogen and oxygen atoms in total. The van der Waals surface area contributed by atoms with Crippen molar-refractivity contribution in [1.29, 1.82) is 0 Å². The summed E-state index contributed by atoms with van der Waals surface area (Å²) in [6, 6.07) is 11.8. The Balaban J connectivity index is 1.90. The van der Waals surface area contributed by atoms with Gasteiger partial charge >= 0.3 is 6.61 Å². The number of hydrogen-bond acceptors (Lipinski definition) is 4. The highest BCUT2D eigenvalue weighted by molar-refractivity contribution is 5.76. The molecule has 0 fully saturated rings. The third kappa shape index (κ3) is 5.91. The number of aryl methyl sites for hydroxylation is 1. The molecule has 2 aromatic rings. The quantitative estimate of drug-likeness (QED) is 0.738. The van der Waals surface area contributed by atoms with Crippen LogP contribution in [0.15, 0.2) is 42.5 Å². The van der Waals surface area contributed by atoms with Gasteiger partial charge in [-0.15, -0.1) is 0 Å². The number of carbonyl (C=O) groups is 1. The van der Waals surface area contributed by atoms with Crippen molar-refractivity contribution < 1.29 is 27.8 Å². The second kappa shape index (κ2) is 9.60. The number of carbonyl (C=O) groups excluding carboxylic acids is 1. The minimum atomic E-state index is -2.91. The van der Waals surface area contributed by atoms with Crippen LogP contribution < -0.4 is 19.5 Å². The van der Waals surface area contributed by atoms with Crippen molar-refractivity contribution >= 4 is 5.91 Å². The summed E-state index contributed by atoms with van der Waals surface area (Å²) < 4.78 is 39.6. The van der Waals surface area contributed by atoms with E-state index in [9.17, 15) is 13.6 Å². The highest BCUT2D eigenvalue weighted by Gasteiger charge is 2.10. The maximum atomic E-state index is 12.4. The van der Waals surface area contributed by atoms with Gasteiger partial charge in [0, 0.05) is 24.6 Å². The Bertz CT molecular complexity index is 715. The maximum Gasteiger partial charge on any atom is 0.387 e. The zero-order valence-corrected chi connectivity index (χ0v) is 14.6. The number of halogens is 2. The van der Waals surface area contributed by atoms with Crippen molar-refractivity contribution in [3.63, 3.8) is 0 Å². The number of nitrogens with one attached hydrogen (secondary N) is 1. The lowest BCUT2D eigenvalue weighted by Gasteiger charge is -2.12. The first-order valence-corrected chi connectivity index (χ1v) is 8.03. The van der Waals surface area contributed by atoms with Gasteiger partial charge in [0.1, 0.15) is 17.2 Å². The van der Waals surface area contributed by atoms with Gasteiger partial charge in [0.2, 0.25) is 5.91 Å². The lowest BCUT2D eigenvalue weighted by atomic mass is 10.1. The molecule has 0 spiro atoms. The van der Waals surface area contributed by atoms with Crippen molar-refractivity contribution in [3.05, 3.63) is 53.6 Å². The van der Waals surface area contributed by atoms with Gasteiger partial charge in [-0.2, -0.15) is 8.78 Å². The van der Waals surface area contributed by atoms with Crippen molar-refractivity contribution in [3.8, 4) is 17.2 Å². The molecule has 0 radical (unpaired) electrons. The molecule has 1 N–H and O–H groups in total. The highest BCUT2D eigenvalue weighted by atomic mass is 19.3. The first-order chi connectivity index (χ1) is 12.5. The molecule has 26 heavy (non-hydrogen) atoms. The second-order valence-corrected chi connectivity index (χ2v) is 5.48. The maximum absolute atomic E-state index is 12.4. The van der Waals surface area contributed by atoms with Crippen molar-refractivity contribution in [2.24, 2.45) is 0 Å². The SMILES string of the molecule is COc1cc(CCC(=O)NCc2ccccc2OC(F)F)cc(OC)c1. The molecule has 0 atom stereocenters. The van der Waals surface area contributed by atoms with Crippen molar-refractivity contribution in [2.45, 2.75) is 26.0 Å². The van der Waals surface area contributed by atoms with Gasteiger partial charge in [0.15, 0.2) is 0 Å². The van der Waals surface area contributed by atoms with E-state index in [2.05, 4.69) is 10.1 Å². The van der Waals surface area contributed by atoms with Gasteiger partial charge in [-0.1, -0.05) is 18.2 Å². The van der Waals surface area contributed by atoms with E-state index in [-0.39, 0.29) is 24.6 Å². The lowest BCUT2D eigenvalue weighted by Crippen LogP contribution is -2.23. The summed E-state index contributed by atoms with van der Waals surface area (Å²) in [6.07, 6.45) is 0.739. The molecule has 0 aliphatic carbocycles. The Kier molecular flexibility index (Phi) is 7.20. The molecule has 0 saturated carbocycles. The van der Waals surface area contributed by atoms with Crippen LogP contribution in [0.25, 0.3) is 0 Å². The lowest BCUT2D eigenvalue weighted by molar-refractivity contribution is -0.121. The Morgan fingerprint density at radius 2 is 1.73 bits per heavy atom. The minimum absolute atomic E-state index is 0.0559. The number of ether oxygens (including phenoxy) is 3. The fourth-order valence-corrected chi connectivity index (χ4v) is 2.41. The summed E-state index contributed by atoms with van der Waals surface area (Å²) in [5.41, 5.74) is 1.39. The molecule has 0 aliphatic heterocycles. The number of methoxy groups -OCH3 is 2. The zero-order valence-electron chi connectivity index (χ0n) is 14.6. The predicted octanol–water partition coefficient (Wildman–Crippen LogP) is 3.55. The molecule has 0 saturated heterocycles. The Morgan fingerprint density at radius 1 is 1.08 bits per heavy atom. The van der Waals surface area contributed by atoms with Crippen LogP contribution in [0.3, 0.4) is 0 Å². The summed E-state index contributed by atoms with van der Waals surface area (Å²) in [5, 5.41) is 2.71. The molecule has 2 rings (SSSR count). The van der Waals surface area contributed by atoms with Crippen LogP contribution in [0.4, 0.5) is 8.78 Å². The van der Waals surface area contributed by atoms with Gasteiger partial charge in [-0.3, -0.25) is 4.79 Å². The van der Waals surface area contributed by atoms with Gasteiger partial charge in [-0.25, -0.2) is 0 Å². The summed E-state index contributed by atoms with van der Waals surface area (Å²) in [4.78, 5) is 12.1. The number of hydrogen-bond donors (Lipinski definition) is 1. The third-order valence-corrected chi connectivity index (χ3v) is 3.72. The Morgan fingerprint density at radius 3 is 2.35 bits per heavy atom. The average molecular weight is 365 g/mol. The van der Waals surface area contributed by atoms with E-state index in [0.29, 0.717) is 23.5 Å². The van der Waals surface area contributed by atoms with E-state index in [4.69, 9.17) is 9.47 Å². The van der Waals surface area contributed by atoms with Crippen LogP contribution >= 0.6 is 0 Å². The smallest absolute Gasteiger partial charge is 0.387 e. The van der Waals surface area contributed by atoms with Gasteiger partial charge in [-0.05, 0) is 30.2 Å². The van der Waals surface area contributed by atoms with E-state index in [1.165, 1.54) is 6.07 Å². The fourth-order valence-electron chi connectivity index (χ4n) is 2.41. The van der Waals surface area contributed by atoms with Crippen LogP contribution in [-0.4, -0.2) is 26.7 Å². The van der Waals surface area contributed by atoms with Gasteiger partial charge < -0.3 is 19.5 Å². The topological polar surface area (TPSA) is 56.8 Å². The normalized spacial score (nSPS) is 10.5. The Hall–Kier alpha value is -2.83. The van der Waals surface area contributed by atoms with E-state index in [1.807, 2.05) is 12.1 Å². The monoisotopic (exact) mass is 365 g/mol. The van der Waals surface area contributed by atoms with Crippen LogP contribution in [0.5, 0.6) is 17.2 Å². The van der Waals surface area contributed by atoms with Crippen LogP contribution in [0.1, 0.15) is 17.5 Å². The molecule has 0 bridgehead atoms. The Labute approximate surface area is 150 Å². The fraction of sp³-hybridized carbons (Fsp3) is 0.316. The average Bonchev–Trinajstić information content (AvgIpc) is 2.64. The van der Waals surface area contributed by atoms with Crippen LogP contribution in [-0.2, 0) is 17.8 Å². The van der Waals surface area contributed by atoms with E-state index in [0.717, 1.165) is 5.56 Å². The molecule has 140 valence electrons. The molecular weight excluding hydrogens is 344 g/mol. The number of amides is 1. The van der Waals surface area contributed by atoms with Crippen LogP contribution in [0.2, 0.25) is 0 Å². The summed E-state index contributed by atoms with van der Waals surface area (Å²) >= 11 is 0. The molecule has 2 aromatic carbocycles. The molecule has 0 heterocycles. The summed E-state index contributed by atoms with van der Waals surface area (Å²) in [6.45, 7) is -2.79. The highest BCUT2D eigenvalue weighted by Crippen LogP contribution is 2.23. The molecule has 0 aromatic heterocycles. The standard InChI is InChI=1S/C19H21F2NO4/c1-24-15-9-13(10-16(11-15)25-2)7-8-18(23)22-12-14-5-3-4-6-17(14)26-19(20)21/h3-6,9-11,19H,7-8,12H2,1-2H3,(H,22,23). The number of rotatable bonds is 9.